The van der Waals surface area contributed by atoms with Crippen LogP contribution < -0.4 is 5.32 Å². The van der Waals surface area contributed by atoms with Crippen LogP contribution in [0.3, 0.4) is 0 Å². The molecule has 1 fully saturated rings. The number of carbonyl (C=O) groups is 1. The van der Waals surface area contributed by atoms with Crippen molar-refractivity contribution in [3.8, 4) is 0 Å². The summed E-state index contributed by atoms with van der Waals surface area (Å²) < 4.78 is 4.15. The third kappa shape index (κ3) is 9.78. The van der Waals surface area contributed by atoms with Gasteiger partial charge in [-0.2, -0.15) is 11.8 Å². The molecule has 11 heavy (non-hydrogen) atoms. The van der Waals surface area contributed by atoms with Gasteiger partial charge in [-0.15, -0.1) is 0 Å². The molecule has 0 bridgehead atoms. The van der Waals surface area contributed by atoms with Gasteiger partial charge >= 0.3 is 0 Å². The molecule has 1 heterocycles. The lowest BCUT2D eigenvalue weighted by atomic mass is 10.6. The Morgan fingerprint density at radius 3 is 2.27 bits per heavy atom. The first kappa shape index (κ1) is 10.8. The van der Waals surface area contributed by atoms with E-state index in [1.807, 2.05) is 11.8 Å². The summed E-state index contributed by atoms with van der Waals surface area (Å²) >= 11 is 2.03. The molecule has 1 saturated heterocycles. The minimum Gasteiger partial charge on any atom is -0.468 e. The molecule has 0 atom stereocenters. The van der Waals surface area contributed by atoms with Crippen molar-refractivity contribution in [2.24, 2.45) is 0 Å². The lowest BCUT2D eigenvalue weighted by Gasteiger charge is -2.08. The van der Waals surface area contributed by atoms with Gasteiger partial charge in [0, 0.05) is 24.6 Å². The number of hydrogen-bond acceptors (Lipinski definition) is 4. The monoisotopic (exact) mass is 177 g/mol. The van der Waals surface area contributed by atoms with E-state index < -0.39 is 0 Å². The normalized spacial score (nSPS) is 16.1. The van der Waals surface area contributed by atoms with E-state index >= 15 is 0 Å². The quantitative estimate of drug-likeness (QED) is 0.623. The summed E-state index contributed by atoms with van der Waals surface area (Å²) in [5, 5.41) is 3.26. The van der Waals surface area contributed by atoms with Gasteiger partial charge in [0.2, 0.25) is 0 Å². The zero-order valence-corrected chi connectivity index (χ0v) is 7.65. The Kier molecular flexibility index (Phi) is 9.58. The summed E-state index contributed by atoms with van der Waals surface area (Å²) in [6.07, 6.45) is 0. The molecule has 1 aliphatic heterocycles. The smallest absolute Gasteiger partial charge is 0.293 e. The van der Waals surface area contributed by atoms with Crippen LogP contribution in [0.5, 0.6) is 0 Å². The molecule has 0 amide bonds. The summed E-state index contributed by atoms with van der Waals surface area (Å²) in [7, 11) is 0. The Balaban J connectivity index is 0.000000187. The maximum atomic E-state index is 9.18. The number of ether oxygens (including phenoxy) is 1. The average Bonchev–Trinajstić information content (AvgIpc) is 2.10. The Hall–Kier alpha value is -0.220. The Morgan fingerprint density at radius 2 is 2.18 bits per heavy atom. The lowest BCUT2D eigenvalue weighted by Crippen LogP contribution is -2.24. The van der Waals surface area contributed by atoms with E-state index in [-0.39, 0.29) is 0 Å². The van der Waals surface area contributed by atoms with Crippen molar-refractivity contribution >= 4 is 18.2 Å². The Morgan fingerprint density at radius 1 is 1.55 bits per heavy atom. The summed E-state index contributed by atoms with van der Waals surface area (Å²) in [6.45, 7) is 5.09. The molecular weight excluding hydrogens is 162 g/mol. The number of nitrogens with one attached hydrogen (secondary N) is 1. The highest BCUT2D eigenvalue weighted by Crippen LogP contribution is 1.99. The van der Waals surface area contributed by atoms with Gasteiger partial charge in [0.05, 0.1) is 6.61 Å². The second kappa shape index (κ2) is 9.78. The summed E-state index contributed by atoms with van der Waals surface area (Å²) in [4.78, 5) is 9.18. The summed E-state index contributed by atoms with van der Waals surface area (Å²) in [6, 6.07) is 0. The largest absolute Gasteiger partial charge is 0.468 e. The second-order valence-corrected chi connectivity index (χ2v) is 3.14. The number of thioether (sulfide) groups is 1. The predicted molar refractivity (Wildman–Crippen MR) is 47.9 cm³/mol. The molecule has 0 unspecified atom stereocenters. The molecule has 0 aromatic carbocycles. The predicted octanol–water partition coefficient (Wildman–Crippen LogP) is 0.502. The van der Waals surface area contributed by atoms with Gasteiger partial charge in [-0.25, -0.2) is 0 Å². The minimum atomic E-state index is 0.431. The van der Waals surface area contributed by atoms with E-state index in [0.29, 0.717) is 13.1 Å². The molecule has 0 aromatic rings. The molecule has 3 nitrogen and oxygen atoms in total. The molecule has 0 saturated carbocycles. The van der Waals surface area contributed by atoms with Crippen molar-refractivity contribution in [1.82, 2.24) is 5.32 Å². The fraction of sp³-hybridized carbons (Fsp3) is 0.857. The molecule has 1 aliphatic rings. The van der Waals surface area contributed by atoms with Gasteiger partial charge in [0.1, 0.15) is 0 Å². The Labute approximate surface area is 71.9 Å². The van der Waals surface area contributed by atoms with Crippen LogP contribution in [0.15, 0.2) is 0 Å². The Bertz CT molecular complexity index is 75.0. The van der Waals surface area contributed by atoms with Crippen LogP contribution in [0.4, 0.5) is 0 Å². The van der Waals surface area contributed by atoms with Crippen LogP contribution in [0.2, 0.25) is 0 Å². The first-order valence-corrected chi connectivity index (χ1v) is 4.91. The zero-order valence-electron chi connectivity index (χ0n) is 6.84. The van der Waals surface area contributed by atoms with Gasteiger partial charge in [-0.1, -0.05) is 0 Å². The minimum absolute atomic E-state index is 0.431. The first-order chi connectivity index (χ1) is 5.41. The summed E-state index contributed by atoms with van der Waals surface area (Å²) in [5.74, 6) is 2.61. The van der Waals surface area contributed by atoms with Gasteiger partial charge in [-0.05, 0) is 6.92 Å². The van der Waals surface area contributed by atoms with Gasteiger partial charge in [0.15, 0.2) is 0 Å². The number of rotatable bonds is 2. The van der Waals surface area contributed by atoms with E-state index in [1.54, 1.807) is 6.92 Å². The van der Waals surface area contributed by atoms with Crippen molar-refractivity contribution < 1.29 is 9.53 Å². The fourth-order valence-electron chi connectivity index (χ4n) is 0.584. The number of carbonyl (C=O) groups excluding carboxylic acids is 1. The van der Waals surface area contributed by atoms with Gasteiger partial charge < -0.3 is 10.1 Å². The van der Waals surface area contributed by atoms with Crippen LogP contribution in [-0.4, -0.2) is 37.7 Å². The highest BCUT2D eigenvalue weighted by Gasteiger charge is 1.93. The van der Waals surface area contributed by atoms with E-state index in [0.717, 1.165) is 0 Å². The lowest BCUT2D eigenvalue weighted by molar-refractivity contribution is -0.128. The molecule has 4 heteroatoms. The van der Waals surface area contributed by atoms with Crippen LogP contribution >= 0.6 is 11.8 Å². The van der Waals surface area contributed by atoms with Gasteiger partial charge in [-0.3, -0.25) is 4.79 Å². The van der Waals surface area contributed by atoms with Gasteiger partial charge in [0.25, 0.3) is 6.47 Å². The fourth-order valence-corrected chi connectivity index (χ4v) is 1.37. The third-order valence-electron chi connectivity index (χ3n) is 1.08. The van der Waals surface area contributed by atoms with E-state index in [4.69, 9.17) is 0 Å². The van der Waals surface area contributed by atoms with E-state index in [9.17, 15) is 4.79 Å². The van der Waals surface area contributed by atoms with Crippen LogP contribution in [0, 0.1) is 0 Å². The summed E-state index contributed by atoms with van der Waals surface area (Å²) in [5.41, 5.74) is 0. The van der Waals surface area contributed by atoms with E-state index in [2.05, 4.69) is 10.1 Å². The van der Waals surface area contributed by atoms with Crippen molar-refractivity contribution in [3.05, 3.63) is 0 Å². The zero-order chi connectivity index (χ0) is 8.36. The van der Waals surface area contributed by atoms with Crippen molar-refractivity contribution in [1.29, 1.82) is 0 Å². The van der Waals surface area contributed by atoms with Crippen LogP contribution in [-0.2, 0) is 9.53 Å². The maximum Gasteiger partial charge on any atom is 0.293 e. The topological polar surface area (TPSA) is 38.3 Å². The molecule has 0 spiro atoms. The molecule has 0 radical (unpaired) electrons. The second-order valence-electron chi connectivity index (χ2n) is 1.91. The molecule has 1 N–H and O–H groups in total. The molecule has 66 valence electrons. The van der Waals surface area contributed by atoms with Crippen LogP contribution in [0.1, 0.15) is 6.92 Å². The molecule has 0 aromatic heterocycles. The highest BCUT2D eigenvalue weighted by atomic mass is 32.2. The van der Waals surface area contributed by atoms with Crippen molar-refractivity contribution in [3.63, 3.8) is 0 Å². The van der Waals surface area contributed by atoms with Crippen molar-refractivity contribution in [2.75, 3.05) is 31.2 Å². The first-order valence-electron chi connectivity index (χ1n) is 3.75. The maximum absolute atomic E-state index is 9.18. The molecule has 1 rings (SSSR count). The molecule has 0 aliphatic carbocycles. The standard InChI is InChI=1S/C4H9NS.C3H6O2/c1-3-6-4-2-5-1;1-2-5-3-4/h5H,1-4H2;3H,2H2,1H3. The van der Waals surface area contributed by atoms with Crippen molar-refractivity contribution in [2.45, 2.75) is 6.92 Å². The number of hydrogen-bond donors (Lipinski definition) is 1. The highest BCUT2D eigenvalue weighted by molar-refractivity contribution is 7.99. The average molecular weight is 177 g/mol. The molecular formula is C7H15NO2S. The SMILES string of the molecule is C1CSCCN1.CCOC=O. The van der Waals surface area contributed by atoms with E-state index in [1.165, 1.54) is 24.6 Å². The van der Waals surface area contributed by atoms with Crippen LogP contribution in [0.25, 0.3) is 0 Å². The third-order valence-corrected chi connectivity index (χ3v) is 2.07.